The lowest BCUT2D eigenvalue weighted by Gasteiger charge is -2.18. The van der Waals surface area contributed by atoms with Crippen LogP contribution >= 0.6 is 15.9 Å². The number of carbonyl (C=O) groups excluding carboxylic acids is 2. The van der Waals surface area contributed by atoms with E-state index in [0.29, 0.717) is 13.1 Å². The molecule has 1 aliphatic rings. The van der Waals surface area contributed by atoms with E-state index in [0.717, 1.165) is 15.9 Å². The van der Waals surface area contributed by atoms with E-state index in [2.05, 4.69) is 26.2 Å². The Labute approximate surface area is 142 Å². The topological polar surface area (TPSA) is 62.3 Å². The van der Waals surface area contributed by atoms with Crippen molar-refractivity contribution in [2.45, 2.75) is 13.0 Å². The maximum atomic E-state index is 12.3. The van der Waals surface area contributed by atoms with Crippen LogP contribution in [0.1, 0.15) is 12.1 Å². The van der Waals surface area contributed by atoms with Crippen molar-refractivity contribution in [2.75, 3.05) is 11.4 Å². The zero-order valence-corrected chi connectivity index (χ0v) is 14.0. The first-order valence-electron chi connectivity index (χ1n) is 7.37. The molecule has 0 spiro atoms. The highest BCUT2D eigenvalue weighted by atomic mass is 79.9. The quantitative estimate of drug-likeness (QED) is 0.895. The Morgan fingerprint density at radius 2 is 2.04 bits per heavy atom. The number of nitrogens with one attached hydrogen (secondary N) is 1. The van der Waals surface area contributed by atoms with Gasteiger partial charge in [-0.25, -0.2) is 0 Å². The fraction of sp³-hybridized carbons (Fsp3) is 0.235. The fourth-order valence-corrected chi connectivity index (χ4v) is 3.11. The molecular weight excluding hydrogens is 358 g/mol. The first kappa shape index (κ1) is 15.7. The molecule has 0 radical (unpaired) electrons. The summed E-state index contributed by atoms with van der Waals surface area (Å²) in [5.41, 5.74) is 1.60. The smallest absolute Gasteiger partial charge is 0.227 e. The molecule has 1 atom stereocenters. The van der Waals surface area contributed by atoms with Gasteiger partial charge in [0.2, 0.25) is 11.8 Å². The van der Waals surface area contributed by atoms with Gasteiger partial charge in [0, 0.05) is 23.6 Å². The van der Waals surface area contributed by atoms with Gasteiger partial charge in [0.25, 0.3) is 0 Å². The molecule has 1 aromatic carbocycles. The number of benzene rings is 1. The number of amides is 2. The van der Waals surface area contributed by atoms with E-state index in [1.54, 1.807) is 11.1 Å². The number of nitrogens with zero attached hydrogens (tertiary/aromatic N) is 2. The van der Waals surface area contributed by atoms with Crippen molar-refractivity contribution in [3.8, 4) is 0 Å². The summed E-state index contributed by atoms with van der Waals surface area (Å²) in [5, 5.41) is 2.86. The van der Waals surface area contributed by atoms with Crippen molar-refractivity contribution < 1.29 is 9.59 Å². The molecule has 0 saturated carbocycles. The van der Waals surface area contributed by atoms with Crippen LogP contribution in [0.3, 0.4) is 0 Å². The van der Waals surface area contributed by atoms with Gasteiger partial charge in [-0.2, -0.15) is 0 Å². The highest BCUT2D eigenvalue weighted by molar-refractivity contribution is 9.10. The number of halogens is 1. The molecule has 6 heteroatoms. The fourth-order valence-electron chi connectivity index (χ4n) is 2.61. The van der Waals surface area contributed by atoms with E-state index in [1.165, 1.54) is 0 Å². The third kappa shape index (κ3) is 3.59. The zero-order chi connectivity index (χ0) is 16.2. The van der Waals surface area contributed by atoms with Crippen LogP contribution in [-0.4, -0.2) is 23.3 Å². The van der Waals surface area contributed by atoms with E-state index in [1.807, 2.05) is 42.5 Å². The molecule has 1 saturated heterocycles. The Balaban J connectivity index is 1.63. The van der Waals surface area contributed by atoms with E-state index in [4.69, 9.17) is 0 Å². The average Bonchev–Trinajstić information content (AvgIpc) is 2.96. The van der Waals surface area contributed by atoms with E-state index in [-0.39, 0.29) is 24.2 Å². The molecule has 1 unspecified atom stereocenters. The maximum Gasteiger partial charge on any atom is 0.227 e. The largest absolute Gasteiger partial charge is 0.350 e. The van der Waals surface area contributed by atoms with E-state index >= 15 is 0 Å². The molecular formula is C17H16BrN3O2. The first-order valence-corrected chi connectivity index (χ1v) is 8.17. The third-order valence-electron chi connectivity index (χ3n) is 3.81. The zero-order valence-electron chi connectivity index (χ0n) is 12.4. The number of hydrogen-bond acceptors (Lipinski definition) is 3. The predicted octanol–water partition coefficient (Wildman–Crippen LogP) is 2.51. The Hall–Kier alpha value is -2.21. The molecule has 2 aromatic rings. The van der Waals surface area contributed by atoms with Gasteiger partial charge in [0.1, 0.15) is 0 Å². The van der Waals surface area contributed by atoms with Crippen molar-refractivity contribution in [1.29, 1.82) is 0 Å². The van der Waals surface area contributed by atoms with Crippen LogP contribution in [-0.2, 0) is 16.1 Å². The second kappa shape index (κ2) is 6.91. The normalized spacial score (nSPS) is 17.3. The van der Waals surface area contributed by atoms with Crippen LogP contribution in [0.2, 0.25) is 0 Å². The minimum absolute atomic E-state index is 0.0325. The number of hydrogen-bond donors (Lipinski definition) is 1. The molecule has 5 nitrogen and oxygen atoms in total. The Morgan fingerprint density at radius 1 is 1.26 bits per heavy atom. The van der Waals surface area contributed by atoms with Crippen molar-refractivity contribution in [2.24, 2.45) is 5.92 Å². The molecule has 1 fully saturated rings. The van der Waals surface area contributed by atoms with Crippen molar-refractivity contribution in [1.82, 2.24) is 10.3 Å². The van der Waals surface area contributed by atoms with E-state index < -0.39 is 0 Å². The number of anilines is 1. The van der Waals surface area contributed by atoms with Crippen molar-refractivity contribution in [3.05, 3.63) is 58.8 Å². The number of aromatic nitrogens is 1. The molecule has 1 aliphatic heterocycles. The molecule has 1 aromatic heterocycles. The highest BCUT2D eigenvalue weighted by Gasteiger charge is 2.35. The van der Waals surface area contributed by atoms with Crippen LogP contribution in [0.4, 0.5) is 5.69 Å². The van der Waals surface area contributed by atoms with Gasteiger partial charge in [-0.1, -0.05) is 18.2 Å². The second-order valence-corrected chi connectivity index (χ2v) is 6.25. The summed E-state index contributed by atoms with van der Waals surface area (Å²) in [5.74, 6) is -0.480. The average molecular weight is 374 g/mol. The lowest BCUT2D eigenvalue weighted by molar-refractivity contribution is -0.126. The van der Waals surface area contributed by atoms with Gasteiger partial charge in [0.05, 0.1) is 23.8 Å². The SMILES string of the molecule is O=C(NCc1ccccn1)C1CC(=O)N(c2ccccc2Br)C1. The molecule has 118 valence electrons. The van der Waals surface area contributed by atoms with Crippen LogP contribution in [0.5, 0.6) is 0 Å². The van der Waals surface area contributed by atoms with Crippen molar-refractivity contribution >= 4 is 33.4 Å². The maximum absolute atomic E-state index is 12.3. The Kier molecular flexibility index (Phi) is 4.71. The molecule has 0 bridgehead atoms. The minimum Gasteiger partial charge on any atom is -0.350 e. The molecule has 2 heterocycles. The lowest BCUT2D eigenvalue weighted by atomic mass is 10.1. The number of rotatable bonds is 4. The van der Waals surface area contributed by atoms with Crippen LogP contribution < -0.4 is 10.2 Å². The van der Waals surface area contributed by atoms with Gasteiger partial charge in [-0.05, 0) is 40.2 Å². The summed E-state index contributed by atoms with van der Waals surface area (Å²) >= 11 is 3.45. The molecule has 1 N–H and O–H groups in total. The predicted molar refractivity (Wildman–Crippen MR) is 90.7 cm³/mol. The van der Waals surface area contributed by atoms with Gasteiger partial charge in [-0.15, -0.1) is 0 Å². The summed E-state index contributed by atoms with van der Waals surface area (Å²) in [6.45, 7) is 0.773. The number of pyridine rings is 1. The summed E-state index contributed by atoms with van der Waals surface area (Å²) in [4.78, 5) is 30.4. The first-order chi connectivity index (χ1) is 11.1. The second-order valence-electron chi connectivity index (χ2n) is 5.40. The molecule has 23 heavy (non-hydrogen) atoms. The monoisotopic (exact) mass is 373 g/mol. The van der Waals surface area contributed by atoms with Crippen LogP contribution in [0.15, 0.2) is 53.1 Å². The Bertz CT molecular complexity index is 721. The highest BCUT2D eigenvalue weighted by Crippen LogP contribution is 2.31. The lowest BCUT2D eigenvalue weighted by Crippen LogP contribution is -2.32. The van der Waals surface area contributed by atoms with Crippen LogP contribution in [0.25, 0.3) is 0 Å². The molecule has 2 amide bonds. The third-order valence-corrected chi connectivity index (χ3v) is 4.48. The van der Waals surface area contributed by atoms with Crippen LogP contribution in [0, 0.1) is 5.92 Å². The number of para-hydroxylation sites is 1. The Morgan fingerprint density at radius 3 is 2.78 bits per heavy atom. The summed E-state index contributed by atoms with van der Waals surface area (Å²) in [6, 6.07) is 13.1. The van der Waals surface area contributed by atoms with E-state index in [9.17, 15) is 9.59 Å². The van der Waals surface area contributed by atoms with Gasteiger partial charge >= 0.3 is 0 Å². The van der Waals surface area contributed by atoms with Gasteiger partial charge in [-0.3, -0.25) is 14.6 Å². The standard InChI is InChI=1S/C17H16BrN3O2/c18-14-6-1-2-7-15(14)21-11-12(9-16(21)22)17(23)20-10-13-5-3-4-8-19-13/h1-8,12H,9-11H2,(H,20,23). The summed E-state index contributed by atoms with van der Waals surface area (Å²) < 4.78 is 0.850. The van der Waals surface area contributed by atoms with Crippen molar-refractivity contribution in [3.63, 3.8) is 0 Å². The summed E-state index contributed by atoms with van der Waals surface area (Å²) in [6.07, 6.45) is 1.92. The van der Waals surface area contributed by atoms with Gasteiger partial charge in [0.15, 0.2) is 0 Å². The minimum atomic E-state index is -0.335. The van der Waals surface area contributed by atoms with Gasteiger partial charge < -0.3 is 10.2 Å². The molecule has 3 rings (SSSR count). The molecule has 0 aliphatic carbocycles. The summed E-state index contributed by atoms with van der Waals surface area (Å²) in [7, 11) is 0. The number of carbonyl (C=O) groups is 2.